The number of amides is 1. The van der Waals surface area contributed by atoms with Gasteiger partial charge in [-0.05, 0) is 41.4 Å². The lowest BCUT2D eigenvalue weighted by atomic mass is 10.2. The minimum atomic E-state index is 0.0878. The molecule has 0 saturated carbocycles. The van der Waals surface area contributed by atoms with Gasteiger partial charge in [0.25, 0.3) is 0 Å². The predicted octanol–water partition coefficient (Wildman–Crippen LogP) is 3.62. The molecule has 0 spiro atoms. The second-order valence-electron chi connectivity index (χ2n) is 4.59. The summed E-state index contributed by atoms with van der Waals surface area (Å²) in [5.74, 6) is 0.938. The molecule has 0 aliphatic carbocycles. The molecule has 6 heteroatoms. The monoisotopic (exact) mass is 420 g/mol. The molecular weight excluding hydrogens is 400 g/mol. The summed E-state index contributed by atoms with van der Waals surface area (Å²) in [5.41, 5.74) is 1.06. The molecule has 0 aliphatic heterocycles. The minimum Gasteiger partial charge on any atom is -0.492 e. The highest BCUT2D eigenvalue weighted by molar-refractivity contribution is 9.11. The summed E-state index contributed by atoms with van der Waals surface area (Å²) < 4.78 is 7.59. The lowest BCUT2D eigenvalue weighted by Crippen LogP contribution is -2.28. The highest BCUT2D eigenvalue weighted by Gasteiger charge is 2.10. The van der Waals surface area contributed by atoms with Gasteiger partial charge in [0.05, 0.1) is 11.1 Å². The number of halogens is 2. The fourth-order valence-corrected chi connectivity index (χ4v) is 3.26. The number of ether oxygens (including phenoxy) is 1. The largest absolute Gasteiger partial charge is 0.492 e. The molecule has 0 saturated heterocycles. The summed E-state index contributed by atoms with van der Waals surface area (Å²) in [6.07, 6.45) is 1.45. The Morgan fingerprint density at radius 2 is 2.00 bits per heavy atom. The van der Waals surface area contributed by atoms with Crippen molar-refractivity contribution < 1.29 is 9.53 Å². The van der Waals surface area contributed by atoms with E-state index >= 15 is 0 Å². The Bertz CT molecular complexity index is 467. The Balaban J connectivity index is 2.49. The van der Waals surface area contributed by atoms with Crippen molar-refractivity contribution in [2.45, 2.75) is 33.2 Å². The van der Waals surface area contributed by atoms with Crippen molar-refractivity contribution in [1.82, 2.24) is 10.6 Å². The van der Waals surface area contributed by atoms with Crippen LogP contribution in [0, 0.1) is 0 Å². The van der Waals surface area contributed by atoms with Gasteiger partial charge >= 0.3 is 0 Å². The van der Waals surface area contributed by atoms with E-state index in [0.29, 0.717) is 26.1 Å². The fourth-order valence-electron chi connectivity index (χ4n) is 1.83. The van der Waals surface area contributed by atoms with Gasteiger partial charge in [-0.3, -0.25) is 4.79 Å². The number of benzene rings is 1. The van der Waals surface area contributed by atoms with E-state index in [4.69, 9.17) is 4.74 Å². The molecule has 2 N–H and O–H groups in total. The summed E-state index contributed by atoms with van der Waals surface area (Å²) in [6.45, 7) is 6.67. The zero-order valence-electron chi connectivity index (χ0n) is 12.5. The van der Waals surface area contributed by atoms with Crippen molar-refractivity contribution >= 4 is 37.8 Å². The van der Waals surface area contributed by atoms with Crippen LogP contribution in [0.15, 0.2) is 21.1 Å². The molecule has 21 heavy (non-hydrogen) atoms. The van der Waals surface area contributed by atoms with Gasteiger partial charge in [-0.1, -0.05) is 22.9 Å². The molecule has 1 amide bonds. The second kappa shape index (κ2) is 10.2. The lowest BCUT2D eigenvalue weighted by molar-refractivity contribution is -0.120. The van der Waals surface area contributed by atoms with Gasteiger partial charge < -0.3 is 15.4 Å². The number of rotatable bonds is 9. The van der Waals surface area contributed by atoms with Gasteiger partial charge in [0, 0.05) is 36.1 Å². The zero-order valence-corrected chi connectivity index (χ0v) is 15.6. The van der Waals surface area contributed by atoms with Crippen LogP contribution in [0.5, 0.6) is 5.75 Å². The van der Waals surface area contributed by atoms with E-state index in [9.17, 15) is 4.79 Å². The SMILES string of the molecule is CCCNC(=O)CCNCc1cc(Br)cc(Br)c1OCC. The van der Waals surface area contributed by atoms with Crippen LogP contribution in [0.2, 0.25) is 0 Å². The van der Waals surface area contributed by atoms with E-state index in [1.165, 1.54) is 0 Å². The van der Waals surface area contributed by atoms with Crippen molar-refractivity contribution in [3.05, 3.63) is 26.6 Å². The molecule has 4 nitrogen and oxygen atoms in total. The molecule has 0 heterocycles. The molecular formula is C15H22Br2N2O2. The molecule has 1 rings (SSSR count). The van der Waals surface area contributed by atoms with Crippen molar-refractivity contribution in [1.29, 1.82) is 0 Å². The van der Waals surface area contributed by atoms with Gasteiger partial charge in [0.2, 0.25) is 5.91 Å². The van der Waals surface area contributed by atoms with Gasteiger partial charge in [-0.25, -0.2) is 0 Å². The third-order valence-corrected chi connectivity index (χ3v) is 3.84. The lowest BCUT2D eigenvalue weighted by Gasteiger charge is -2.13. The smallest absolute Gasteiger partial charge is 0.221 e. The van der Waals surface area contributed by atoms with Crippen LogP contribution in [-0.2, 0) is 11.3 Å². The Morgan fingerprint density at radius 1 is 1.24 bits per heavy atom. The van der Waals surface area contributed by atoms with Crippen LogP contribution >= 0.6 is 31.9 Å². The molecule has 0 unspecified atom stereocenters. The maximum atomic E-state index is 11.5. The molecule has 0 fully saturated rings. The van der Waals surface area contributed by atoms with Crippen LogP contribution in [-0.4, -0.2) is 25.6 Å². The quantitative estimate of drug-likeness (QED) is 0.598. The van der Waals surface area contributed by atoms with E-state index in [1.807, 2.05) is 26.0 Å². The number of nitrogens with one attached hydrogen (secondary N) is 2. The first-order chi connectivity index (χ1) is 10.1. The zero-order chi connectivity index (χ0) is 15.7. The van der Waals surface area contributed by atoms with Gasteiger partial charge in [-0.15, -0.1) is 0 Å². The number of hydrogen-bond donors (Lipinski definition) is 2. The second-order valence-corrected chi connectivity index (χ2v) is 6.36. The standard InChI is InChI=1S/C15H22Br2N2O2/c1-3-6-19-14(20)5-7-18-10-11-8-12(16)9-13(17)15(11)21-4-2/h8-9,18H,3-7,10H2,1-2H3,(H,19,20). The highest BCUT2D eigenvalue weighted by atomic mass is 79.9. The van der Waals surface area contributed by atoms with Gasteiger partial charge in [0.15, 0.2) is 0 Å². The van der Waals surface area contributed by atoms with Gasteiger partial charge in [0.1, 0.15) is 5.75 Å². The topological polar surface area (TPSA) is 50.4 Å². The van der Waals surface area contributed by atoms with E-state index < -0.39 is 0 Å². The third kappa shape index (κ3) is 6.80. The Kier molecular flexibility index (Phi) is 8.96. The van der Waals surface area contributed by atoms with Crippen LogP contribution in [0.4, 0.5) is 0 Å². The van der Waals surface area contributed by atoms with Crippen LogP contribution < -0.4 is 15.4 Å². The minimum absolute atomic E-state index is 0.0878. The van der Waals surface area contributed by atoms with Crippen LogP contribution in [0.3, 0.4) is 0 Å². The number of carbonyl (C=O) groups excluding carboxylic acids is 1. The van der Waals surface area contributed by atoms with E-state index in [2.05, 4.69) is 42.5 Å². The summed E-state index contributed by atoms with van der Waals surface area (Å²) in [5, 5.41) is 6.14. The molecule has 1 aromatic carbocycles. The average Bonchev–Trinajstić information content (AvgIpc) is 2.44. The Hall–Kier alpha value is -0.590. The average molecular weight is 422 g/mol. The Labute approximate surface area is 143 Å². The first-order valence-corrected chi connectivity index (χ1v) is 8.75. The van der Waals surface area contributed by atoms with E-state index in [-0.39, 0.29) is 5.91 Å². The highest BCUT2D eigenvalue weighted by Crippen LogP contribution is 2.32. The third-order valence-electron chi connectivity index (χ3n) is 2.79. The molecule has 0 radical (unpaired) electrons. The van der Waals surface area contributed by atoms with Crippen LogP contribution in [0.25, 0.3) is 0 Å². The molecule has 0 aliphatic rings. The Morgan fingerprint density at radius 3 is 2.67 bits per heavy atom. The van der Waals surface area contributed by atoms with Crippen molar-refractivity contribution in [2.24, 2.45) is 0 Å². The maximum Gasteiger partial charge on any atom is 0.221 e. The van der Waals surface area contributed by atoms with E-state index in [0.717, 1.165) is 33.2 Å². The van der Waals surface area contributed by atoms with E-state index in [1.54, 1.807) is 0 Å². The summed E-state index contributed by atoms with van der Waals surface area (Å²) in [4.78, 5) is 11.5. The molecule has 0 bridgehead atoms. The maximum absolute atomic E-state index is 11.5. The predicted molar refractivity (Wildman–Crippen MR) is 92.6 cm³/mol. The molecule has 0 aromatic heterocycles. The van der Waals surface area contributed by atoms with Crippen LogP contribution in [0.1, 0.15) is 32.3 Å². The summed E-state index contributed by atoms with van der Waals surface area (Å²) in [6, 6.07) is 3.99. The summed E-state index contributed by atoms with van der Waals surface area (Å²) >= 11 is 6.99. The normalized spacial score (nSPS) is 10.5. The first kappa shape index (κ1) is 18.5. The van der Waals surface area contributed by atoms with Crippen molar-refractivity contribution in [3.8, 4) is 5.75 Å². The number of carbonyl (C=O) groups is 1. The molecule has 0 atom stereocenters. The fraction of sp³-hybridized carbons (Fsp3) is 0.533. The first-order valence-electron chi connectivity index (χ1n) is 7.16. The number of hydrogen-bond acceptors (Lipinski definition) is 3. The van der Waals surface area contributed by atoms with Gasteiger partial charge in [-0.2, -0.15) is 0 Å². The van der Waals surface area contributed by atoms with Crippen molar-refractivity contribution in [2.75, 3.05) is 19.7 Å². The van der Waals surface area contributed by atoms with Crippen molar-refractivity contribution in [3.63, 3.8) is 0 Å². The molecule has 118 valence electrons. The summed E-state index contributed by atoms with van der Waals surface area (Å²) in [7, 11) is 0. The molecule has 1 aromatic rings.